The van der Waals surface area contributed by atoms with Crippen LogP contribution < -0.4 is 0 Å². The molecule has 0 aromatic rings. The topological polar surface area (TPSA) is 0 Å². The van der Waals surface area contributed by atoms with Crippen molar-refractivity contribution in [2.24, 2.45) is 0 Å². The molecule has 0 aliphatic heterocycles. The fourth-order valence-electron chi connectivity index (χ4n) is 0.354. The molecule has 0 atom stereocenters. The van der Waals surface area contributed by atoms with Gasteiger partial charge < -0.3 is 12.9 Å². The van der Waals surface area contributed by atoms with Gasteiger partial charge in [0, 0.05) is 0 Å². The van der Waals surface area contributed by atoms with Crippen LogP contribution in [0.1, 0.15) is 19.8 Å². The molecule has 0 aromatic carbocycles. The first-order valence-corrected chi connectivity index (χ1v) is 8.70. The van der Waals surface area contributed by atoms with Crippen LogP contribution in [0.25, 0.3) is 0 Å². The van der Waals surface area contributed by atoms with E-state index in [9.17, 15) is 0 Å². The van der Waals surface area contributed by atoms with Crippen molar-refractivity contribution in [1.82, 2.24) is 0 Å². The van der Waals surface area contributed by atoms with Gasteiger partial charge in [0.2, 0.25) is 0 Å². The molecular formula is C5H12BrLiMg. The van der Waals surface area contributed by atoms with E-state index < -0.39 is 0 Å². The molecule has 0 N–H and O–H groups in total. The van der Waals surface area contributed by atoms with Crippen LogP contribution >= 0.6 is 12.9 Å². The van der Waals surface area contributed by atoms with Crippen LogP contribution in [0.3, 0.4) is 0 Å². The summed E-state index contributed by atoms with van der Waals surface area (Å²) >= 11 is 5.73. The Morgan fingerprint density at radius 3 is 2.00 bits per heavy atom. The summed E-state index contributed by atoms with van der Waals surface area (Å²) < 4.78 is 0. The number of hydrogen-bond donors (Lipinski definition) is 0. The summed E-state index contributed by atoms with van der Waals surface area (Å²) in [5.41, 5.74) is 0. The van der Waals surface area contributed by atoms with E-state index in [1.165, 1.54) is 17.9 Å². The van der Waals surface area contributed by atoms with Crippen LogP contribution in [0.5, 0.6) is 0 Å². The average molecular weight is 183 g/mol. The second kappa shape index (κ2) is 15.9. The van der Waals surface area contributed by atoms with Crippen molar-refractivity contribution in [1.29, 1.82) is 0 Å². The van der Waals surface area contributed by atoms with E-state index in [1.807, 2.05) is 0 Å². The Morgan fingerprint density at radius 2 is 2.00 bits per heavy atom. The van der Waals surface area contributed by atoms with Crippen molar-refractivity contribution in [2.75, 3.05) is 0 Å². The van der Waals surface area contributed by atoms with Gasteiger partial charge in [0.25, 0.3) is 0 Å². The van der Waals surface area contributed by atoms with Gasteiger partial charge in [-0.2, -0.15) is 0 Å². The molecule has 0 fully saturated rings. The van der Waals surface area contributed by atoms with Gasteiger partial charge in [-0.05, 0) is 0 Å². The zero-order valence-corrected chi connectivity index (χ0v) is 9.21. The summed E-state index contributed by atoms with van der Waals surface area (Å²) in [6, 6.07) is 0. The molecule has 0 saturated heterocycles. The molecule has 42 valence electrons. The fraction of sp³-hybridized carbons (Fsp3) is 1.00. The molecule has 0 nitrogen and oxygen atoms in total. The van der Waals surface area contributed by atoms with Gasteiger partial charge in [-0.15, -0.1) is 5.05 Å². The summed E-state index contributed by atoms with van der Waals surface area (Å²) in [4.78, 5) is 0. The van der Waals surface area contributed by atoms with Gasteiger partial charge in [0.1, 0.15) is 0 Å². The fourth-order valence-corrected chi connectivity index (χ4v) is 0.354. The van der Waals surface area contributed by atoms with Gasteiger partial charge in [0.15, 0.2) is 0 Å². The van der Waals surface area contributed by atoms with Crippen LogP contribution in [0.15, 0.2) is 0 Å². The maximum atomic E-state index is 3.28. The number of rotatable bonds is 2. The minimum atomic E-state index is 0.229. The third kappa shape index (κ3) is 24.9. The predicted octanol–water partition coefficient (Wildman–Crippen LogP) is 2.42. The molecular weight excluding hydrogens is 171 g/mol. The maximum absolute atomic E-state index is 3.28. The summed E-state index contributed by atoms with van der Waals surface area (Å²) in [6.45, 7) is 2.21. The quantitative estimate of drug-likeness (QED) is 0.577. The first-order valence-electron chi connectivity index (χ1n) is 3.39. The molecule has 3 heteroatoms. The zero-order chi connectivity index (χ0) is 6.83. The molecule has 0 aromatic heterocycles. The van der Waals surface area contributed by atoms with Crippen LogP contribution in [-0.4, -0.2) is 35.9 Å². The van der Waals surface area contributed by atoms with E-state index in [-0.39, 0.29) is 18.2 Å². The summed E-state index contributed by atoms with van der Waals surface area (Å²) in [5, 5.41) is 3.52. The minimum absolute atomic E-state index is 0.229. The standard InChI is InChI=1S/C4H9.CH3.BrH.Li.Mg/c1-3-4-2;;;;/h1,3-4H2,2H3;1H3;1H;;/q;;;;+1/p-1. The summed E-state index contributed by atoms with van der Waals surface area (Å²) in [6.07, 6.45) is 2.73. The zero-order valence-electron chi connectivity index (χ0n) is 6.21. The summed E-state index contributed by atoms with van der Waals surface area (Å²) in [7, 11) is 0. The Morgan fingerprint density at radius 1 is 1.62 bits per heavy atom. The molecule has 0 saturated carbocycles. The van der Waals surface area contributed by atoms with Crippen molar-refractivity contribution in [2.45, 2.75) is 29.9 Å². The molecule has 8 heavy (non-hydrogen) atoms. The molecule has 0 amide bonds. The number of unbranched alkanes of at least 4 members (excludes halogenated alkanes) is 1. The van der Waals surface area contributed by atoms with Crippen molar-refractivity contribution in [3.8, 4) is 0 Å². The first kappa shape index (κ1) is 12.5. The first-order chi connectivity index (χ1) is 3.83. The van der Waals surface area contributed by atoms with E-state index in [1.54, 1.807) is 0 Å². The van der Waals surface area contributed by atoms with Crippen LogP contribution in [0.4, 0.5) is 0 Å². The molecule has 0 heterocycles. The average Bonchev–Trinajstić information content (AvgIpc) is 1.71. The third-order valence-corrected chi connectivity index (χ3v) is 0.707. The van der Waals surface area contributed by atoms with E-state index in [4.69, 9.17) is 0 Å². The Balaban J connectivity index is 0. The van der Waals surface area contributed by atoms with Crippen molar-refractivity contribution < 1.29 is 0 Å². The number of halogens is 1. The van der Waals surface area contributed by atoms with E-state index in [0.717, 1.165) is 0 Å². The molecule has 0 unspecified atom stereocenters. The molecule has 0 aliphatic rings. The van der Waals surface area contributed by atoms with Crippen molar-refractivity contribution in [3.63, 3.8) is 0 Å². The Hall–Kier alpha value is 1.84. The van der Waals surface area contributed by atoms with Gasteiger partial charge in [0.05, 0.1) is 0 Å². The monoisotopic (exact) mass is 182 g/mol. The second-order valence-corrected chi connectivity index (χ2v) is 5.52. The van der Waals surface area contributed by atoms with E-state index in [0.29, 0.717) is 0 Å². The third-order valence-electron chi connectivity index (χ3n) is 0.707. The van der Waals surface area contributed by atoms with E-state index >= 15 is 0 Å². The second-order valence-electron chi connectivity index (χ2n) is 1.62. The summed E-state index contributed by atoms with van der Waals surface area (Å²) in [5.74, 6) is 0. The molecule has 0 aliphatic carbocycles. The van der Waals surface area contributed by atoms with Gasteiger partial charge in [-0.25, -0.2) is 0 Å². The Bertz CT molecular complexity index is 26.4. The SMILES string of the molecule is [CH3][Mg][Br].[Li][CH2]CCC. The van der Waals surface area contributed by atoms with Crippen LogP contribution in [0, 0.1) is 0 Å². The van der Waals surface area contributed by atoms with E-state index in [2.05, 4.69) is 42.6 Å². The van der Waals surface area contributed by atoms with Gasteiger partial charge >= 0.3 is 60.8 Å². The predicted molar refractivity (Wildman–Crippen MR) is 46.0 cm³/mol. The molecule has 0 radical (unpaired) electrons. The Kier molecular flexibility index (Phi) is 24.9. The van der Waals surface area contributed by atoms with Crippen molar-refractivity contribution in [3.05, 3.63) is 0 Å². The normalized spacial score (nSPS) is 6.62. The molecule has 0 spiro atoms. The van der Waals surface area contributed by atoms with Gasteiger partial charge in [-0.3, -0.25) is 0 Å². The Labute approximate surface area is 78.0 Å². The van der Waals surface area contributed by atoms with Crippen LogP contribution in [0.2, 0.25) is 10.1 Å². The van der Waals surface area contributed by atoms with Crippen molar-refractivity contribution >= 4 is 48.8 Å². The van der Waals surface area contributed by atoms with Gasteiger partial charge in [-0.1, -0.05) is 0 Å². The molecule has 0 bridgehead atoms. The molecule has 0 rings (SSSR count). The number of hydrogen-bond acceptors (Lipinski definition) is 0. The van der Waals surface area contributed by atoms with Crippen LogP contribution in [-0.2, 0) is 0 Å².